The Hall–Kier alpha value is -0.230. The van der Waals surface area contributed by atoms with Crippen LogP contribution in [0.2, 0.25) is 0 Å². The molecule has 0 aromatic carbocycles. The second kappa shape index (κ2) is 7.11. The highest BCUT2D eigenvalue weighted by Crippen LogP contribution is 2.01. The van der Waals surface area contributed by atoms with Gasteiger partial charge >= 0.3 is 0 Å². The lowest BCUT2D eigenvalue weighted by molar-refractivity contribution is 0.449. The zero-order valence-electron chi connectivity index (χ0n) is 8.82. The second-order valence-corrected chi connectivity index (χ2v) is 4.41. The normalized spacial score (nSPS) is 10.0. The highest BCUT2D eigenvalue weighted by molar-refractivity contribution is 14.1. The van der Waals surface area contributed by atoms with E-state index >= 15 is 0 Å². The maximum absolute atomic E-state index is 5.29. The van der Waals surface area contributed by atoms with Crippen LogP contribution in [-0.4, -0.2) is 32.4 Å². The maximum Gasteiger partial charge on any atom is 0.0878 e. The largest absolute Gasteiger partial charge is 0.365 e. The van der Waals surface area contributed by atoms with Crippen LogP contribution >= 0.6 is 34.8 Å². The number of aromatic nitrogens is 1. The summed E-state index contributed by atoms with van der Waals surface area (Å²) in [7, 11) is 0. The number of rotatable bonds is 5. The standard InChI is InChI=1S/C11H15IN2S/c1-2-14(11(15)9-12)8-6-10-5-3-4-7-13-10/h3-5,7H,2,6,8-9H2,1H3. The first-order chi connectivity index (χ1) is 7.27. The van der Waals surface area contributed by atoms with Crippen LogP contribution in [0.5, 0.6) is 0 Å². The number of hydrogen-bond acceptors (Lipinski definition) is 2. The summed E-state index contributed by atoms with van der Waals surface area (Å²) in [6.07, 6.45) is 2.80. The van der Waals surface area contributed by atoms with Gasteiger partial charge in [-0.1, -0.05) is 40.9 Å². The molecule has 0 atom stereocenters. The van der Waals surface area contributed by atoms with Crippen LogP contribution in [0.25, 0.3) is 0 Å². The summed E-state index contributed by atoms with van der Waals surface area (Å²) in [5, 5.41) is 0. The van der Waals surface area contributed by atoms with E-state index in [1.165, 1.54) is 0 Å². The molecule has 0 amide bonds. The van der Waals surface area contributed by atoms with Crippen molar-refractivity contribution in [3.05, 3.63) is 30.1 Å². The highest BCUT2D eigenvalue weighted by atomic mass is 127. The summed E-state index contributed by atoms with van der Waals surface area (Å²) in [6, 6.07) is 6.02. The van der Waals surface area contributed by atoms with Gasteiger partial charge in [-0.3, -0.25) is 4.98 Å². The van der Waals surface area contributed by atoms with E-state index in [1.54, 1.807) is 0 Å². The summed E-state index contributed by atoms with van der Waals surface area (Å²) < 4.78 is 0.920. The quantitative estimate of drug-likeness (QED) is 0.468. The molecule has 0 spiro atoms. The van der Waals surface area contributed by atoms with Gasteiger partial charge in [0.25, 0.3) is 0 Å². The predicted molar refractivity (Wildman–Crippen MR) is 76.7 cm³/mol. The van der Waals surface area contributed by atoms with Crippen molar-refractivity contribution >= 4 is 39.8 Å². The van der Waals surface area contributed by atoms with Gasteiger partial charge in [0.15, 0.2) is 0 Å². The minimum atomic E-state index is 0.920. The number of alkyl halides is 1. The van der Waals surface area contributed by atoms with Gasteiger partial charge in [0, 0.05) is 31.4 Å². The Balaban J connectivity index is 2.44. The zero-order valence-corrected chi connectivity index (χ0v) is 11.8. The number of nitrogens with zero attached hydrogens (tertiary/aromatic N) is 2. The molecule has 4 heteroatoms. The van der Waals surface area contributed by atoms with Gasteiger partial charge in [-0.25, -0.2) is 0 Å². The van der Waals surface area contributed by atoms with Gasteiger partial charge in [0.2, 0.25) is 0 Å². The lowest BCUT2D eigenvalue weighted by Gasteiger charge is -2.22. The van der Waals surface area contributed by atoms with Crippen molar-refractivity contribution in [3.8, 4) is 0 Å². The van der Waals surface area contributed by atoms with Crippen molar-refractivity contribution in [2.75, 3.05) is 17.5 Å². The third kappa shape index (κ3) is 4.42. The van der Waals surface area contributed by atoms with Gasteiger partial charge in [-0.05, 0) is 19.1 Å². The van der Waals surface area contributed by atoms with Crippen LogP contribution in [-0.2, 0) is 6.42 Å². The topological polar surface area (TPSA) is 16.1 Å². The molecule has 15 heavy (non-hydrogen) atoms. The zero-order chi connectivity index (χ0) is 11.1. The van der Waals surface area contributed by atoms with E-state index in [2.05, 4.69) is 45.5 Å². The van der Waals surface area contributed by atoms with Crippen LogP contribution in [0.1, 0.15) is 12.6 Å². The molecule has 0 aliphatic carbocycles. The summed E-state index contributed by atoms with van der Waals surface area (Å²) in [5.74, 6) is 0. The number of hydrogen-bond donors (Lipinski definition) is 0. The van der Waals surface area contributed by atoms with Crippen molar-refractivity contribution in [3.63, 3.8) is 0 Å². The molecule has 0 aliphatic heterocycles. The van der Waals surface area contributed by atoms with Gasteiger partial charge in [0.1, 0.15) is 0 Å². The molecular formula is C11H15IN2S. The minimum absolute atomic E-state index is 0.920. The lowest BCUT2D eigenvalue weighted by atomic mass is 10.2. The molecule has 0 fully saturated rings. The number of halogens is 1. The van der Waals surface area contributed by atoms with E-state index in [1.807, 2.05) is 18.3 Å². The molecule has 0 aliphatic rings. The number of likely N-dealkylation sites (N-methyl/N-ethyl adjacent to an activating group) is 1. The predicted octanol–water partition coefficient (Wildman–Crippen LogP) is 2.71. The molecular weight excluding hydrogens is 319 g/mol. The number of pyridine rings is 1. The molecule has 82 valence electrons. The fraction of sp³-hybridized carbons (Fsp3) is 0.455. The van der Waals surface area contributed by atoms with Crippen molar-refractivity contribution in [1.82, 2.24) is 9.88 Å². The first-order valence-electron chi connectivity index (χ1n) is 5.01. The van der Waals surface area contributed by atoms with Gasteiger partial charge in [0.05, 0.1) is 9.42 Å². The van der Waals surface area contributed by atoms with E-state index in [-0.39, 0.29) is 0 Å². The minimum Gasteiger partial charge on any atom is -0.365 e. The molecule has 0 saturated carbocycles. The third-order valence-electron chi connectivity index (χ3n) is 2.21. The summed E-state index contributed by atoms with van der Waals surface area (Å²) in [6.45, 7) is 4.08. The fourth-order valence-corrected chi connectivity index (χ4v) is 2.04. The first kappa shape index (κ1) is 12.8. The smallest absolute Gasteiger partial charge is 0.0878 e. The van der Waals surface area contributed by atoms with E-state index < -0.39 is 0 Å². The Labute approximate surface area is 110 Å². The van der Waals surface area contributed by atoms with Gasteiger partial charge in [-0.15, -0.1) is 0 Å². The Morgan fingerprint density at radius 2 is 2.33 bits per heavy atom. The molecule has 0 saturated heterocycles. The molecule has 0 unspecified atom stereocenters. The Bertz CT molecular complexity index is 303. The average Bonchev–Trinajstić information content (AvgIpc) is 2.31. The van der Waals surface area contributed by atoms with E-state index in [0.29, 0.717) is 0 Å². The molecule has 1 heterocycles. The Kier molecular flexibility index (Phi) is 6.09. The van der Waals surface area contributed by atoms with Crippen LogP contribution < -0.4 is 0 Å². The van der Waals surface area contributed by atoms with Crippen molar-refractivity contribution in [1.29, 1.82) is 0 Å². The first-order valence-corrected chi connectivity index (χ1v) is 6.95. The van der Waals surface area contributed by atoms with Crippen LogP contribution in [0.15, 0.2) is 24.4 Å². The SMILES string of the molecule is CCN(CCc1ccccn1)C(=S)CI. The van der Waals surface area contributed by atoms with Crippen LogP contribution in [0.4, 0.5) is 0 Å². The lowest BCUT2D eigenvalue weighted by Crippen LogP contribution is -2.32. The Morgan fingerprint density at radius 3 is 2.87 bits per heavy atom. The average molecular weight is 334 g/mol. The van der Waals surface area contributed by atoms with Crippen LogP contribution in [0, 0.1) is 0 Å². The Morgan fingerprint density at radius 1 is 1.53 bits per heavy atom. The maximum atomic E-state index is 5.29. The van der Waals surface area contributed by atoms with Gasteiger partial charge < -0.3 is 4.90 Å². The molecule has 1 rings (SSSR count). The monoisotopic (exact) mass is 334 g/mol. The molecule has 0 radical (unpaired) electrons. The highest BCUT2D eigenvalue weighted by Gasteiger charge is 2.05. The molecule has 1 aromatic heterocycles. The van der Waals surface area contributed by atoms with E-state index in [9.17, 15) is 0 Å². The summed E-state index contributed by atoms with van der Waals surface area (Å²) in [4.78, 5) is 7.57. The second-order valence-electron chi connectivity index (χ2n) is 3.18. The van der Waals surface area contributed by atoms with Crippen molar-refractivity contribution < 1.29 is 0 Å². The molecule has 0 N–H and O–H groups in total. The van der Waals surface area contributed by atoms with Crippen LogP contribution in [0.3, 0.4) is 0 Å². The van der Waals surface area contributed by atoms with Gasteiger partial charge in [-0.2, -0.15) is 0 Å². The molecule has 0 bridgehead atoms. The molecule has 1 aromatic rings. The van der Waals surface area contributed by atoms with E-state index in [4.69, 9.17) is 12.2 Å². The third-order valence-corrected chi connectivity index (χ3v) is 3.86. The molecule has 2 nitrogen and oxygen atoms in total. The van der Waals surface area contributed by atoms with E-state index in [0.717, 1.165) is 34.6 Å². The fourth-order valence-electron chi connectivity index (χ4n) is 1.34. The summed E-state index contributed by atoms with van der Waals surface area (Å²) >= 11 is 7.60. The number of thiocarbonyl (C=S) groups is 1. The summed E-state index contributed by atoms with van der Waals surface area (Å²) in [5.41, 5.74) is 1.13. The van der Waals surface area contributed by atoms with Crippen molar-refractivity contribution in [2.45, 2.75) is 13.3 Å². The van der Waals surface area contributed by atoms with Crippen molar-refractivity contribution in [2.24, 2.45) is 0 Å².